The SMILES string of the molecule is CS(=O)(=O)NC(=O)c1cc(C2CC2)c(OCC2CCNCC2)cc1F.Cl. The first-order chi connectivity index (χ1) is 11.8. The first-order valence-corrected chi connectivity index (χ1v) is 10.4. The van der Waals surface area contributed by atoms with Gasteiger partial charge in [0.2, 0.25) is 10.0 Å². The molecule has 1 saturated heterocycles. The number of carbonyl (C=O) groups excluding carboxylic acids is 1. The highest BCUT2D eigenvalue weighted by molar-refractivity contribution is 7.89. The summed E-state index contributed by atoms with van der Waals surface area (Å²) < 4.78 is 44.5. The first kappa shape index (κ1) is 20.9. The lowest BCUT2D eigenvalue weighted by Gasteiger charge is -2.23. The Kier molecular flexibility index (Phi) is 6.87. The van der Waals surface area contributed by atoms with Crippen LogP contribution >= 0.6 is 12.4 Å². The van der Waals surface area contributed by atoms with Crippen LogP contribution in [0.2, 0.25) is 0 Å². The highest BCUT2D eigenvalue weighted by Gasteiger charge is 2.30. The number of carbonyl (C=O) groups is 1. The highest BCUT2D eigenvalue weighted by atomic mass is 35.5. The Morgan fingerprint density at radius 1 is 1.27 bits per heavy atom. The molecule has 1 aliphatic heterocycles. The van der Waals surface area contributed by atoms with E-state index in [0.717, 1.165) is 50.6 Å². The van der Waals surface area contributed by atoms with Gasteiger partial charge in [-0.2, -0.15) is 0 Å². The zero-order valence-electron chi connectivity index (χ0n) is 14.6. The van der Waals surface area contributed by atoms with Gasteiger partial charge in [0, 0.05) is 6.07 Å². The third-order valence-electron chi connectivity index (χ3n) is 4.57. The quantitative estimate of drug-likeness (QED) is 0.756. The summed E-state index contributed by atoms with van der Waals surface area (Å²) in [6, 6.07) is 2.65. The number of hydrogen-bond acceptors (Lipinski definition) is 5. The fourth-order valence-electron chi connectivity index (χ4n) is 3.06. The van der Waals surface area contributed by atoms with Crippen LogP contribution in [0.5, 0.6) is 5.75 Å². The van der Waals surface area contributed by atoms with Gasteiger partial charge in [-0.3, -0.25) is 4.79 Å². The number of rotatable bonds is 6. The van der Waals surface area contributed by atoms with E-state index in [1.165, 1.54) is 12.1 Å². The predicted octanol–water partition coefficient (Wildman–Crippen LogP) is 2.19. The summed E-state index contributed by atoms with van der Waals surface area (Å²) in [7, 11) is -3.74. The molecular weight excluding hydrogens is 383 g/mol. The molecule has 2 N–H and O–H groups in total. The lowest BCUT2D eigenvalue weighted by molar-refractivity contribution is 0.0977. The van der Waals surface area contributed by atoms with Crippen molar-refractivity contribution >= 4 is 28.3 Å². The lowest BCUT2D eigenvalue weighted by atomic mass is 9.99. The molecule has 26 heavy (non-hydrogen) atoms. The van der Waals surface area contributed by atoms with Crippen LogP contribution in [0.3, 0.4) is 0 Å². The molecule has 2 aliphatic rings. The second-order valence-electron chi connectivity index (χ2n) is 6.85. The number of amides is 1. The number of benzene rings is 1. The van der Waals surface area contributed by atoms with E-state index in [4.69, 9.17) is 4.74 Å². The van der Waals surface area contributed by atoms with Crippen LogP contribution in [0.1, 0.15) is 47.5 Å². The fourth-order valence-corrected chi connectivity index (χ4v) is 3.51. The van der Waals surface area contributed by atoms with E-state index in [0.29, 0.717) is 18.3 Å². The van der Waals surface area contributed by atoms with Gasteiger partial charge < -0.3 is 10.1 Å². The van der Waals surface area contributed by atoms with Gasteiger partial charge in [-0.25, -0.2) is 17.5 Å². The summed E-state index contributed by atoms with van der Waals surface area (Å²) >= 11 is 0. The Hall–Kier alpha value is -1.38. The van der Waals surface area contributed by atoms with Crippen LogP contribution in [-0.2, 0) is 10.0 Å². The van der Waals surface area contributed by atoms with Gasteiger partial charge in [-0.15, -0.1) is 12.4 Å². The van der Waals surface area contributed by atoms with Gasteiger partial charge >= 0.3 is 0 Å². The average molecular weight is 407 g/mol. The molecule has 1 aliphatic carbocycles. The topological polar surface area (TPSA) is 84.5 Å². The Balaban J connectivity index is 0.00000243. The molecular formula is C17H24ClFN2O4S. The summed E-state index contributed by atoms with van der Waals surface area (Å²) in [6.45, 7) is 2.45. The Morgan fingerprint density at radius 2 is 1.92 bits per heavy atom. The normalized spacial score (nSPS) is 18.1. The molecule has 0 unspecified atom stereocenters. The fraction of sp³-hybridized carbons (Fsp3) is 0.588. The number of piperidine rings is 1. The summed E-state index contributed by atoms with van der Waals surface area (Å²) in [6.07, 6.45) is 4.83. The Bertz CT molecular complexity index is 762. The van der Waals surface area contributed by atoms with Crippen molar-refractivity contribution in [3.05, 3.63) is 29.1 Å². The van der Waals surface area contributed by atoms with Crippen LogP contribution in [0.25, 0.3) is 0 Å². The molecule has 0 radical (unpaired) electrons. The largest absolute Gasteiger partial charge is 0.493 e. The minimum atomic E-state index is -3.74. The van der Waals surface area contributed by atoms with E-state index in [9.17, 15) is 17.6 Å². The maximum absolute atomic E-state index is 14.4. The molecule has 0 aromatic heterocycles. The number of ether oxygens (including phenoxy) is 1. The first-order valence-electron chi connectivity index (χ1n) is 8.52. The van der Waals surface area contributed by atoms with Crippen molar-refractivity contribution in [1.82, 2.24) is 10.0 Å². The summed E-state index contributed by atoms with van der Waals surface area (Å²) in [4.78, 5) is 12.0. The summed E-state index contributed by atoms with van der Waals surface area (Å²) in [5.74, 6) is -0.579. The molecule has 0 bridgehead atoms. The molecule has 1 saturated carbocycles. The van der Waals surface area contributed by atoms with E-state index in [2.05, 4.69) is 5.32 Å². The standard InChI is InChI=1S/C17H23FN2O4S.ClH/c1-25(22,23)20-17(21)14-8-13(12-2-3-12)16(9-15(14)18)24-10-11-4-6-19-7-5-11;/h8-9,11-12,19H,2-7,10H2,1H3,(H,20,21);1H. The average Bonchev–Trinajstić information content (AvgIpc) is 3.37. The summed E-state index contributed by atoms with van der Waals surface area (Å²) in [5.41, 5.74) is 0.524. The molecule has 3 rings (SSSR count). The molecule has 1 aromatic carbocycles. The van der Waals surface area contributed by atoms with Crippen molar-refractivity contribution in [2.45, 2.75) is 31.6 Å². The van der Waals surface area contributed by atoms with E-state index in [1.54, 1.807) is 0 Å². The van der Waals surface area contributed by atoms with Crippen molar-refractivity contribution in [2.24, 2.45) is 5.92 Å². The number of halogens is 2. The van der Waals surface area contributed by atoms with Crippen LogP contribution < -0.4 is 14.8 Å². The smallest absolute Gasteiger partial charge is 0.267 e. The van der Waals surface area contributed by atoms with Crippen LogP contribution in [0, 0.1) is 11.7 Å². The molecule has 2 fully saturated rings. The van der Waals surface area contributed by atoms with Crippen molar-refractivity contribution in [2.75, 3.05) is 26.0 Å². The number of nitrogens with one attached hydrogen (secondary N) is 2. The molecule has 6 nitrogen and oxygen atoms in total. The van der Waals surface area contributed by atoms with E-state index in [1.807, 2.05) is 4.72 Å². The molecule has 1 heterocycles. The highest BCUT2D eigenvalue weighted by Crippen LogP contribution is 2.45. The summed E-state index contributed by atoms with van der Waals surface area (Å²) in [5, 5.41) is 3.29. The van der Waals surface area contributed by atoms with Gasteiger partial charge in [0.25, 0.3) is 5.91 Å². The number of hydrogen-bond donors (Lipinski definition) is 2. The minimum Gasteiger partial charge on any atom is -0.493 e. The van der Waals surface area contributed by atoms with Crippen molar-refractivity contribution in [1.29, 1.82) is 0 Å². The second kappa shape index (κ2) is 8.54. The monoisotopic (exact) mass is 406 g/mol. The number of sulfonamides is 1. The zero-order valence-corrected chi connectivity index (χ0v) is 16.2. The molecule has 1 amide bonds. The zero-order chi connectivity index (χ0) is 18.0. The molecule has 0 atom stereocenters. The lowest BCUT2D eigenvalue weighted by Crippen LogP contribution is -2.31. The van der Waals surface area contributed by atoms with E-state index in [-0.39, 0.29) is 23.9 Å². The second-order valence-corrected chi connectivity index (χ2v) is 8.60. The maximum Gasteiger partial charge on any atom is 0.267 e. The maximum atomic E-state index is 14.4. The van der Waals surface area contributed by atoms with Crippen molar-refractivity contribution in [3.63, 3.8) is 0 Å². The Morgan fingerprint density at radius 3 is 2.50 bits per heavy atom. The Labute approximate surface area is 159 Å². The van der Waals surface area contributed by atoms with Gasteiger partial charge in [0.15, 0.2) is 0 Å². The van der Waals surface area contributed by atoms with Gasteiger partial charge in [0.1, 0.15) is 11.6 Å². The third kappa shape index (κ3) is 5.56. The van der Waals surface area contributed by atoms with Gasteiger partial charge in [0.05, 0.1) is 18.4 Å². The van der Waals surface area contributed by atoms with E-state index < -0.39 is 21.7 Å². The minimum absolute atomic E-state index is 0. The van der Waals surface area contributed by atoms with Crippen molar-refractivity contribution < 1.29 is 22.3 Å². The van der Waals surface area contributed by atoms with Gasteiger partial charge in [-0.05, 0) is 62.2 Å². The molecule has 9 heteroatoms. The van der Waals surface area contributed by atoms with Crippen molar-refractivity contribution in [3.8, 4) is 5.75 Å². The van der Waals surface area contributed by atoms with Crippen LogP contribution in [-0.4, -0.2) is 40.3 Å². The molecule has 146 valence electrons. The van der Waals surface area contributed by atoms with Crippen LogP contribution in [0.15, 0.2) is 12.1 Å². The van der Waals surface area contributed by atoms with Crippen LogP contribution in [0.4, 0.5) is 4.39 Å². The molecule has 0 spiro atoms. The third-order valence-corrected chi connectivity index (χ3v) is 5.13. The van der Waals surface area contributed by atoms with E-state index >= 15 is 0 Å². The predicted molar refractivity (Wildman–Crippen MR) is 99.0 cm³/mol. The molecule has 1 aromatic rings. The van der Waals surface area contributed by atoms with Gasteiger partial charge in [-0.1, -0.05) is 0 Å².